The van der Waals surface area contributed by atoms with Crippen LogP contribution in [0.15, 0.2) is 23.0 Å². The molecule has 1 aromatic carbocycles. The Morgan fingerprint density at radius 2 is 2.28 bits per heavy atom. The molecule has 0 aliphatic heterocycles. The molecule has 2 aromatic rings. The number of hydrogen-bond donors (Lipinski definition) is 2. The maximum Gasteiger partial charge on any atom is 0.122 e. The molecule has 1 aromatic heterocycles. The molecule has 0 fully saturated rings. The number of thiazole rings is 1. The Morgan fingerprint density at radius 1 is 1.44 bits per heavy atom. The fraction of sp³-hybridized carbons (Fsp3) is 0.231. The molecule has 1 heterocycles. The van der Waals surface area contributed by atoms with Crippen LogP contribution in [0.25, 0.3) is 0 Å². The molecule has 0 saturated heterocycles. The number of aromatic nitrogens is 1. The average molecular weight is 261 g/mol. The van der Waals surface area contributed by atoms with E-state index in [1.807, 2.05) is 17.0 Å². The van der Waals surface area contributed by atoms with E-state index in [2.05, 4.69) is 4.98 Å². The first-order chi connectivity index (χ1) is 8.74. The summed E-state index contributed by atoms with van der Waals surface area (Å²) in [5.41, 5.74) is 11.1. The first kappa shape index (κ1) is 12.6. The van der Waals surface area contributed by atoms with Crippen LogP contribution in [0.2, 0.25) is 0 Å². The number of nitrogens with two attached hydrogens (primary N) is 1. The lowest BCUT2D eigenvalue weighted by atomic mass is 10.0. The van der Waals surface area contributed by atoms with Gasteiger partial charge in [0, 0.05) is 22.8 Å². The molecule has 0 aliphatic rings. The van der Waals surface area contributed by atoms with Gasteiger partial charge >= 0.3 is 0 Å². The van der Waals surface area contributed by atoms with Crippen molar-refractivity contribution in [1.29, 1.82) is 5.41 Å². The fourth-order valence-corrected chi connectivity index (χ4v) is 2.39. The monoisotopic (exact) mass is 261 g/mol. The zero-order chi connectivity index (χ0) is 13.0. The molecule has 2 rings (SSSR count). The van der Waals surface area contributed by atoms with E-state index < -0.39 is 0 Å². The Bertz CT molecular complexity index is 537. The first-order valence-electron chi connectivity index (χ1n) is 5.58. The largest absolute Gasteiger partial charge is 0.496 e. The number of benzene rings is 1. The van der Waals surface area contributed by atoms with E-state index >= 15 is 0 Å². The molecule has 0 radical (unpaired) electrons. The predicted octanol–water partition coefficient (Wildman–Crippen LogP) is 2.52. The highest BCUT2D eigenvalue weighted by Gasteiger charge is 2.08. The van der Waals surface area contributed by atoms with Crippen LogP contribution in [0, 0.1) is 5.41 Å². The average Bonchev–Trinajstić information content (AvgIpc) is 2.89. The lowest BCUT2D eigenvalue weighted by Crippen LogP contribution is -2.01. The lowest BCUT2D eigenvalue weighted by molar-refractivity contribution is 0.409. The molecule has 4 nitrogen and oxygen atoms in total. The molecule has 0 saturated carbocycles. The van der Waals surface area contributed by atoms with Crippen molar-refractivity contribution in [3.63, 3.8) is 0 Å². The number of nitrogens with one attached hydrogen (secondary N) is 1. The van der Waals surface area contributed by atoms with Crippen molar-refractivity contribution in [1.82, 2.24) is 4.98 Å². The van der Waals surface area contributed by atoms with E-state index in [4.69, 9.17) is 15.9 Å². The zero-order valence-electron chi connectivity index (χ0n) is 10.1. The molecule has 0 atom stereocenters. The minimum atomic E-state index is 0.610. The Morgan fingerprint density at radius 3 is 2.89 bits per heavy atom. The Hall–Kier alpha value is -1.88. The van der Waals surface area contributed by atoms with E-state index in [9.17, 15) is 0 Å². The summed E-state index contributed by atoms with van der Waals surface area (Å²) in [6.07, 6.45) is 2.93. The quantitative estimate of drug-likeness (QED) is 0.641. The Labute approximate surface area is 110 Å². The maximum absolute atomic E-state index is 7.27. The molecule has 0 amide bonds. The van der Waals surface area contributed by atoms with Crippen molar-refractivity contribution in [2.45, 2.75) is 12.8 Å². The topological polar surface area (TPSA) is 72.0 Å². The number of aryl methyl sites for hydroxylation is 2. The van der Waals surface area contributed by atoms with Crippen molar-refractivity contribution in [3.05, 3.63) is 39.8 Å². The molecule has 0 spiro atoms. The second-order valence-corrected chi connectivity index (χ2v) is 4.64. The van der Waals surface area contributed by atoms with Crippen LogP contribution < -0.4 is 10.5 Å². The van der Waals surface area contributed by atoms with Gasteiger partial charge in [0.2, 0.25) is 0 Å². The summed E-state index contributed by atoms with van der Waals surface area (Å²) in [5.74, 6) is 0.776. The molecule has 0 aliphatic carbocycles. The minimum absolute atomic E-state index is 0.610. The van der Waals surface area contributed by atoms with Crippen LogP contribution in [-0.2, 0) is 12.8 Å². The number of ether oxygens (including phenoxy) is 1. The van der Waals surface area contributed by atoms with Gasteiger partial charge < -0.3 is 15.9 Å². The number of hydrogen-bond acceptors (Lipinski definition) is 5. The van der Waals surface area contributed by atoms with Crippen LogP contribution >= 0.6 is 11.3 Å². The second-order valence-electron chi connectivity index (χ2n) is 3.92. The number of rotatable bonds is 5. The van der Waals surface area contributed by atoms with Gasteiger partial charge in [-0.05, 0) is 30.5 Å². The minimum Gasteiger partial charge on any atom is -0.496 e. The second kappa shape index (κ2) is 5.64. The lowest BCUT2D eigenvalue weighted by Gasteiger charge is -2.11. The fourth-order valence-electron chi connectivity index (χ4n) is 1.79. The maximum atomic E-state index is 7.27. The van der Waals surface area contributed by atoms with Crippen LogP contribution in [0.3, 0.4) is 0 Å². The highest BCUT2D eigenvalue weighted by atomic mass is 32.1. The van der Waals surface area contributed by atoms with Crippen molar-refractivity contribution >= 4 is 23.2 Å². The standard InChI is InChI=1S/C13H15N3OS/c1-17-13-5-10(6-14)12(15)4-9(13)2-3-11-7-18-8-16-11/h4-8,14H,2-3,15H2,1H3. The van der Waals surface area contributed by atoms with Gasteiger partial charge in [0.1, 0.15) is 5.75 Å². The van der Waals surface area contributed by atoms with Crippen LogP contribution in [0.1, 0.15) is 16.8 Å². The summed E-state index contributed by atoms with van der Waals surface area (Å²) in [6, 6.07) is 3.68. The summed E-state index contributed by atoms with van der Waals surface area (Å²) in [6.45, 7) is 0. The molecule has 5 heteroatoms. The Balaban J connectivity index is 2.21. The summed E-state index contributed by atoms with van der Waals surface area (Å²) < 4.78 is 5.34. The molecule has 3 N–H and O–H groups in total. The van der Waals surface area contributed by atoms with Crippen LogP contribution in [-0.4, -0.2) is 18.3 Å². The highest BCUT2D eigenvalue weighted by Crippen LogP contribution is 2.25. The van der Waals surface area contributed by atoms with Gasteiger partial charge in [-0.1, -0.05) is 0 Å². The van der Waals surface area contributed by atoms with E-state index in [-0.39, 0.29) is 0 Å². The summed E-state index contributed by atoms with van der Waals surface area (Å²) in [5, 5.41) is 9.32. The number of methoxy groups -OCH3 is 1. The van der Waals surface area contributed by atoms with Crippen LogP contribution in [0.5, 0.6) is 5.75 Å². The Kier molecular flexibility index (Phi) is 3.94. The van der Waals surface area contributed by atoms with Gasteiger partial charge in [0.25, 0.3) is 0 Å². The predicted molar refractivity (Wildman–Crippen MR) is 74.8 cm³/mol. The normalized spacial score (nSPS) is 10.3. The van der Waals surface area contributed by atoms with Gasteiger partial charge in [-0.2, -0.15) is 0 Å². The summed E-state index contributed by atoms with van der Waals surface area (Å²) in [4.78, 5) is 4.25. The zero-order valence-corrected chi connectivity index (χ0v) is 11.0. The molecule has 0 unspecified atom stereocenters. The van der Waals surface area contributed by atoms with Crippen molar-refractivity contribution < 1.29 is 4.74 Å². The van der Waals surface area contributed by atoms with Gasteiger partial charge in [-0.3, -0.25) is 0 Å². The van der Waals surface area contributed by atoms with E-state index in [1.54, 1.807) is 24.5 Å². The smallest absolute Gasteiger partial charge is 0.122 e. The van der Waals surface area contributed by atoms with Gasteiger partial charge in [-0.25, -0.2) is 4.98 Å². The van der Waals surface area contributed by atoms with Gasteiger partial charge in [0.05, 0.1) is 18.3 Å². The third-order valence-electron chi connectivity index (χ3n) is 2.78. The third-order valence-corrected chi connectivity index (χ3v) is 3.41. The highest BCUT2D eigenvalue weighted by molar-refractivity contribution is 7.07. The molecular weight excluding hydrogens is 246 g/mol. The first-order valence-corrected chi connectivity index (χ1v) is 6.52. The van der Waals surface area contributed by atoms with Gasteiger partial charge in [0.15, 0.2) is 0 Å². The molecule has 18 heavy (non-hydrogen) atoms. The van der Waals surface area contributed by atoms with Crippen molar-refractivity contribution in [2.24, 2.45) is 0 Å². The SMILES string of the molecule is COc1cc(C=N)c(N)cc1CCc1cscn1. The summed E-state index contributed by atoms with van der Waals surface area (Å²) >= 11 is 1.60. The van der Waals surface area contributed by atoms with Crippen LogP contribution in [0.4, 0.5) is 5.69 Å². The number of nitrogens with zero attached hydrogens (tertiary/aromatic N) is 1. The van der Waals surface area contributed by atoms with Gasteiger partial charge in [-0.15, -0.1) is 11.3 Å². The van der Waals surface area contributed by atoms with Crippen molar-refractivity contribution in [3.8, 4) is 5.75 Å². The summed E-state index contributed by atoms with van der Waals surface area (Å²) in [7, 11) is 1.63. The number of anilines is 1. The molecular formula is C13H15N3OS. The molecule has 0 bridgehead atoms. The number of nitrogen functional groups attached to an aromatic ring is 1. The third kappa shape index (κ3) is 2.68. The van der Waals surface area contributed by atoms with E-state index in [0.29, 0.717) is 11.3 Å². The van der Waals surface area contributed by atoms with Crippen molar-refractivity contribution in [2.75, 3.05) is 12.8 Å². The van der Waals surface area contributed by atoms with E-state index in [1.165, 1.54) is 6.21 Å². The molecule has 94 valence electrons. The van der Waals surface area contributed by atoms with E-state index in [0.717, 1.165) is 29.8 Å².